The first-order valence-corrected chi connectivity index (χ1v) is 6.12. The van der Waals surface area contributed by atoms with E-state index in [4.69, 9.17) is 14.9 Å². The predicted molar refractivity (Wildman–Crippen MR) is 70.7 cm³/mol. The SMILES string of the molecule is COc1ccc(C(=O)c2ccc(CN)o2)cc1Br. The molecule has 0 amide bonds. The Morgan fingerprint density at radius 1 is 1.39 bits per heavy atom. The quantitative estimate of drug-likeness (QED) is 0.882. The lowest BCUT2D eigenvalue weighted by Gasteiger charge is -2.04. The van der Waals surface area contributed by atoms with Gasteiger partial charge in [0.1, 0.15) is 11.5 Å². The first kappa shape index (κ1) is 12.9. The van der Waals surface area contributed by atoms with Gasteiger partial charge in [-0.25, -0.2) is 0 Å². The Morgan fingerprint density at radius 3 is 2.72 bits per heavy atom. The number of ether oxygens (including phenoxy) is 1. The highest BCUT2D eigenvalue weighted by molar-refractivity contribution is 9.10. The lowest BCUT2D eigenvalue weighted by atomic mass is 10.1. The summed E-state index contributed by atoms with van der Waals surface area (Å²) in [5.41, 5.74) is 5.96. The molecule has 2 aromatic rings. The smallest absolute Gasteiger partial charge is 0.228 e. The topological polar surface area (TPSA) is 65.5 Å². The maximum Gasteiger partial charge on any atom is 0.228 e. The van der Waals surface area contributed by atoms with Crippen LogP contribution in [-0.4, -0.2) is 12.9 Å². The average Bonchev–Trinajstić information content (AvgIpc) is 2.86. The highest BCUT2D eigenvalue weighted by Crippen LogP contribution is 2.26. The molecule has 0 aliphatic heterocycles. The molecule has 0 saturated carbocycles. The summed E-state index contributed by atoms with van der Waals surface area (Å²) in [5, 5.41) is 0. The van der Waals surface area contributed by atoms with Crippen molar-refractivity contribution in [3.8, 4) is 5.75 Å². The molecule has 0 fully saturated rings. The number of hydrogen-bond acceptors (Lipinski definition) is 4. The molecule has 0 aliphatic rings. The van der Waals surface area contributed by atoms with Crippen molar-refractivity contribution in [1.82, 2.24) is 0 Å². The number of halogens is 1. The summed E-state index contributed by atoms with van der Waals surface area (Å²) in [6, 6.07) is 8.45. The standard InChI is InChI=1S/C13H12BrNO3/c1-17-11-4-2-8(6-10(11)14)13(16)12-5-3-9(7-15)18-12/h2-6H,7,15H2,1H3. The second-order valence-corrected chi connectivity index (χ2v) is 4.50. The van der Waals surface area contributed by atoms with Crippen molar-refractivity contribution >= 4 is 21.7 Å². The molecule has 18 heavy (non-hydrogen) atoms. The van der Waals surface area contributed by atoms with E-state index in [0.717, 1.165) is 4.47 Å². The molecule has 0 bridgehead atoms. The van der Waals surface area contributed by atoms with Gasteiger partial charge in [-0.3, -0.25) is 4.79 Å². The van der Waals surface area contributed by atoms with E-state index < -0.39 is 0 Å². The van der Waals surface area contributed by atoms with Gasteiger partial charge in [-0.15, -0.1) is 0 Å². The Kier molecular flexibility index (Phi) is 3.84. The second kappa shape index (κ2) is 5.37. The second-order valence-electron chi connectivity index (χ2n) is 3.65. The first-order chi connectivity index (χ1) is 8.65. The minimum atomic E-state index is -0.182. The monoisotopic (exact) mass is 309 g/mol. The highest BCUT2D eigenvalue weighted by Gasteiger charge is 2.14. The fourth-order valence-corrected chi connectivity index (χ4v) is 2.10. The molecule has 0 radical (unpaired) electrons. The van der Waals surface area contributed by atoms with Gasteiger partial charge in [0.25, 0.3) is 0 Å². The fourth-order valence-electron chi connectivity index (χ4n) is 1.56. The van der Waals surface area contributed by atoms with Gasteiger partial charge in [-0.05, 0) is 46.3 Å². The molecular weight excluding hydrogens is 298 g/mol. The number of furan rings is 1. The van der Waals surface area contributed by atoms with Crippen LogP contribution in [0.3, 0.4) is 0 Å². The summed E-state index contributed by atoms with van der Waals surface area (Å²) in [4.78, 5) is 12.1. The van der Waals surface area contributed by atoms with Crippen LogP contribution in [0.5, 0.6) is 5.75 Å². The van der Waals surface area contributed by atoms with Crippen molar-refractivity contribution in [1.29, 1.82) is 0 Å². The zero-order valence-electron chi connectivity index (χ0n) is 9.77. The number of carbonyl (C=O) groups is 1. The third-order valence-electron chi connectivity index (χ3n) is 2.50. The number of carbonyl (C=O) groups excluding carboxylic acids is 1. The number of rotatable bonds is 4. The van der Waals surface area contributed by atoms with Gasteiger partial charge in [0.15, 0.2) is 5.76 Å². The molecule has 0 atom stereocenters. The van der Waals surface area contributed by atoms with Crippen LogP contribution in [0.15, 0.2) is 39.2 Å². The van der Waals surface area contributed by atoms with Crippen molar-refractivity contribution in [3.63, 3.8) is 0 Å². The summed E-state index contributed by atoms with van der Waals surface area (Å²) in [7, 11) is 1.57. The molecule has 5 heteroatoms. The van der Waals surface area contributed by atoms with Crippen molar-refractivity contribution in [2.24, 2.45) is 5.73 Å². The lowest BCUT2D eigenvalue weighted by molar-refractivity contribution is 0.101. The number of ketones is 1. The van der Waals surface area contributed by atoms with Crippen LogP contribution < -0.4 is 10.5 Å². The van der Waals surface area contributed by atoms with E-state index in [2.05, 4.69) is 15.9 Å². The normalized spacial score (nSPS) is 10.4. The Balaban J connectivity index is 2.31. The van der Waals surface area contributed by atoms with Gasteiger partial charge >= 0.3 is 0 Å². The molecule has 2 N–H and O–H groups in total. The minimum absolute atomic E-state index is 0.182. The molecular formula is C13H12BrNO3. The van der Waals surface area contributed by atoms with Crippen LogP contribution in [0, 0.1) is 0 Å². The van der Waals surface area contributed by atoms with Crippen molar-refractivity contribution in [2.75, 3.05) is 7.11 Å². The van der Waals surface area contributed by atoms with E-state index >= 15 is 0 Å². The van der Waals surface area contributed by atoms with Crippen LogP contribution in [-0.2, 0) is 6.54 Å². The number of benzene rings is 1. The summed E-state index contributed by atoms with van der Waals surface area (Å²) in [5.74, 6) is 1.37. The van der Waals surface area contributed by atoms with Crippen LogP contribution in [0.1, 0.15) is 21.9 Å². The third-order valence-corrected chi connectivity index (χ3v) is 3.12. The van der Waals surface area contributed by atoms with Crippen molar-refractivity contribution < 1.29 is 13.9 Å². The van der Waals surface area contributed by atoms with Gasteiger partial charge in [0, 0.05) is 5.56 Å². The van der Waals surface area contributed by atoms with Crippen LogP contribution >= 0.6 is 15.9 Å². The van der Waals surface area contributed by atoms with Gasteiger partial charge < -0.3 is 14.9 Å². The van der Waals surface area contributed by atoms with E-state index in [1.54, 1.807) is 37.4 Å². The zero-order valence-corrected chi connectivity index (χ0v) is 11.4. The maximum absolute atomic E-state index is 12.1. The molecule has 1 aromatic carbocycles. The largest absolute Gasteiger partial charge is 0.496 e. The number of nitrogens with two attached hydrogens (primary N) is 1. The average molecular weight is 310 g/mol. The Morgan fingerprint density at radius 2 is 2.17 bits per heavy atom. The van der Waals surface area contributed by atoms with Crippen LogP contribution in [0.2, 0.25) is 0 Å². The maximum atomic E-state index is 12.1. The third kappa shape index (κ3) is 2.47. The van der Waals surface area contributed by atoms with Gasteiger partial charge in [-0.2, -0.15) is 0 Å². The van der Waals surface area contributed by atoms with E-state index in [1.807, 2.05) is 0 Å². The summed E-state index contributed by atoms with van der Waals surface area (Å²) in [6.45, 7) is 0.277. The van der Waals surface area contributed by atoms with E-state index in [-0.39, 0.29) is 18.1 Å². The lowest BCUT2D eigenvalue weighted by Crippen LogP contribution is -2.00. The summed E-state index contributed by atoms with van der Waals surface area (Å²) in [6.07, 6.45) is 0. The molecule has 4 nitrogen and oxygen atoms in total. The predicted octanol–water partition coefficient (Wildman–Crippen LogP) is 2.74. The Bertz CT molecular complexity index is 577. The molecule has 2 rings (SSSR count). The van der Waals surface area contributed by atoms with Gasteiger partial charge in [-0.1, -0.05) is 0 Å². The molecule has 94 valence electrons. The minimum Gasteiger partial charge on any atom is -0.496 e. The van der Waals surface area contributed by atoms with E-state index in [9.17, 15) is 4.79 Å². The van der Waals surface area contributed by atoms with E-state index in [0.29, 0.717) is 17.1 Å². The molecule has 1 aromatic heterocycles. The summed E-state index contributed by atoms with van der Waals surface area (Å²) < 4.78 is 11.2. The Hall–Kier alpha value is -1.59. The van der Waals surface area contributed by atoms with Gasteiger partial charge in [0.05, 0.1) is 18.1 Å². The summed E-state index contributed by atoms with van der Waals surface area (Å²) >= 11 is 3.34. The molecule has 0 saturated heterocycles. The number of hydrogen-bond donors (Lipinski definition) is 1. The van der Waals surface area contributed by atoms with Crippen molar-refractivity contribution in [2.45, 2.75) is 6.54 Å². The van der Waals surface area contributed by atoms with Crippen molar-refractivity contribution in [3.05, 3.63) is 51.9 Å². The molecule has 0 spiro atoms. The van der Waals surface area contributed by atoms with Gasteiger partial charge in [0.2, 0.25) is 5.78 Å². The van der Waals surface area contributed by atoms with E-state index in [1.165, 1.54) is 0 Å². The zero-order chi connectivity index (χ0) is 13.1. The van der Waals surface area contributed by atoms with Crippen LogP contribution in [0.25, 0.3) is 0 Å². The molecule has 0 aliphatic carbocycles. The highest BCUT2D eigenvalue weighted by atomic mass is 79.9. The molecule has 1 heterocycles. The number of methoxy groups -OCH3 is 1. The molecule has 0 unspecified atom stereocenters. The first-order valence-electron chi connectivity index (χ1n) is 5.32. The fraction of sp³-hybridized carbons (Fsp3) is 0.154. The Labute approximate surface area is 113 Å². The van der Waals surface area contributed by atoms with Crippen LogP contribution in [0.4, 0.5) is 0 Å².